The van der Waals surface area contributed by atoms with E-state index in [0.29, 0.717) is 24.8 Å². The quantitative estimate of drug-likeness (QED) is 0.505. The van der Waals surface area contributed by atoms with Crippen molar-refractivity contribution in [1.82, 2.24) is 0 Å². The Labute approximate surface area is 145 Å². The number of hydrogen-bond donors (Lipinski definition) is 1. The molecule has 24 heavy (non-hydrogen) atoms. The molecule has 3 nitrogen and oxygen atoms in total. The highest BCUT2D eigenvalue weighted by molar-refractivity contribution is 6.01. The Bertz CT molecular complexity index is 523. The number of ketones is 2. The molecule has 0 spiro atoms. The zero-order chi connectivity index (χ0) is 17.4. The van der Waals surface area contributed by atoms with Gasteiger partial charge in [0.15, 0.2) is 5.78 Å². The van der Waals surface area contributed by atoms with Crippen LogP contribution in [0.15, 0.2) is 30.3 Å². The molecule has 1 aliphatic rings. The first-order chi connectivity index (χ1) is 11.6. The van der Waals surface area contributed by atoms with Crippen LogP contribution in [-0.2, 0) is 4.79 Å². The second-order valence-electron chi connectivity index (χ2n) is 6.99. The lowest BCUT2D eigenvalue weighted by Gasteiger charge is -2.20. The van der Waals surface area contributed by atoms with Gasteiger partial charge in [-0.2, -0.15) is 0 Å². The molecule has 1 aromatic rings. The maximum atomic E-state index is 12.7. The maximum Gasteiger partial charge on any atom is 0.169 e. The van der Waals surface area contributed by atoms with E-state index in [9.17, 15) is 14.7 Å². The van der Waals surface area contributed by atoms with Crippen LogP contribution in [-0.4, -0.2) is 22.8 Å². The molecule has 0 aliphatic heterocycles. The van der Waals surface area contributed by atoms with Crippen LogP contribution >= 0.6 is 0 Å². The summed E-state index contributed by atoms with van der Waals surface area (Å²) in [6.07, 6.45) is 7.94. The van der Waals surface area contributed by atoms with Crippen molar-refractivity contribution in [3.8, 4) is 0 Å². The fourth-order valence-corrected chi connectivity index (χ4v) is 3.76. The molecule has 0 saturated heterocycles. The molecule has 1 saturated carbocycles. The van der Waals surface area contributed by atoms with Gasteiger partial charge in [0, 0.05) is 17.9 Å². The molecule has 3 atom stereocenters. The minimum atomic E-state index is -0.684. The van der Waals surface area contributed by atoms with E-state index >= 15 is 0 Å². The van der Waals surface area contributed by atoms with Crippen molar-refractivity contribution in [1.29, 1.82) is 0 Å². The van der Waals surface area contributed by atoms with E-state index in [2.05, 4.69) is 6.92 Å². The van der Waals surface area contributed by atoms with Crippen LogP contribution in [0.1, 0.15) is 75.1 Å². The molecular formula is C21H30O3. The number of aliphatic hydroxyl groups is 1. The summed E-state index contributed by atoms with van der Waals surface area (Å²) < 4.78 is 0. The molecule has 1 fully saturated rings. The SMILES string of the molecule is CCCCCCCCC(=O)[C@@H]1CC[C@H](O)[C@H]1C(=O)c1ccccc1. The van der Waals surface area contributed by atoms with Crippen LogP contribution in [0.5, 0.6) is 0 Å². The highest BCUT2D eigenvalue weighted by Crippen LogP contribution is 2.36. The molecule has 2 rings (SSSR count). The largest absolute Gasteiger partial charge is 0.392 e. The summed E-state index contributed by atoms with van der Waals surface area (Å²) in [7, 11) is 0. The highest BCUT2D eigenvalue weighted by atomic mass is 16.3. The zero-order valence-corrected chi connectivity index (χ0v) is 14.7. The first kappa shape index (κ1) is 18.9. The molecule has 1 N–H and O–H groups in total. The highest BCUT2D eigenvalue weighted by Gasteiger charge is 2.43. The Kier molecular flexibility index (Phi) is 7.64. The third-order valence-corrected chi connectivity index (χ3v) is 5.17. The number of aliphatic hydroxyl groups excluding tert-OH is 1. The first-order valence-electron chi connectivity index (χ1n) is 9.45. The molecule has 0 radical (unpaired) electrons. The Morgan fingerprint density at radius 2 is 1.67 bits per heavy atom. The Hall–Kier alpha value is -1.48. The second-order valence-corrected chi connectivity index (χ2v) is 6.99. The van der Waals surface area contributed by atoms with Crippen LogP contribution in [0.4, 0.5) is 0 Å². The van der Waals surface area contributed by atoms with Gasteiger partial charge in [-0.05, 0) is 19.3 Å². The van der Waals surface area contributed by atoms with Gasteiger partial charge in [0.2, 0.25) is 0 Å². The zero-order valence-electron chi connectivity index (χ0n) is 14.7. The minimum absolute atomic E-state index is 0.0816. The van der Waals surface area contributed by atoms with Gasteiger partial charge in [-0.15, -0.1) is 0 Å². The normalized spacial score (nSPS) is 23.3. The summed E-state index contributed by atoms with van der Waals surface area (Å²) >= 11 is 0. The summed E-state index contributed by atoms with van der Waals surface area (Å²) in [5.41, 5.74) is 0.598. The minimum Gasteiger partial charge on any atom is -0.392 e. The topological polar surface area (TPSA) is 54.4 Å². The maximum absolute atomic E-state index is 12.7. The Morgan fingerprint density at radius 1 is 1.00 bits per heavy atom. The van der Waals surface area contributed by atoms with Crippen LogP contribution in [0, 0.1) is 11.8 Å². The Balaban J connectivity index is 1.88. The van der Waals surface area contributed by atoms with Crippen molar-refractivity contribution < 1.29 is 14.7 Å². The van der Waals surface area contributed by atoms with Crippen LogP contribution < -0.4 is 0 Å². The molecule has 0 heterocycles. The number of rotatable bonds is 10. The van der Waals surface area contributed by atoms with E-state index in [-0.39, 0.29) is 17.5 Å². The number of Topliss-reactive ketones (excluding diaryl/α,β-unsaturated/α-hetero) is 2. The van der Waals surface area contributed by atoms with Crippen LogP contribution in [0.3, 0.4) is 0 Å². The molecule has 0 unspecified atom stereocenters. The van der Waals surface area contributed by atoms with E-state index in [1.807, 2.05) is 18.2 Å². The van der Waals surface area contributed by atoms with Gasteiger partial charge in [0.1, 0.15) is 5.78 Å². The third-order valence-electron chi connectivity index (χ3n) is 5.17. The van der Waals surface area contributed by atoms with E-state index in [0.717, 1.165) is 12.8 Å². The summed E-state index contributed by atoms with van der Waals surface area (Å²) in [6.45, 7) is 2.19. The molecule has 0 aromatic heterocycles. The average molecular weight is 330 g/mol. The van der Waals surface area contributed by atoms with Crippen molar-refractivity contribution in [3.05, 3.63) is 35.9 Å². The van der Waals surface area contributed by atoms with E-state index in [4.69, 9.17) is 0 Å². The summed E-state index contributed by atoms with van der Waals surface area (Å²) in [6, 6.07) is 9.04. The standard InChI is InChI=1S/C21H30O3/c1-2-3-4-5-6-10-13-18(22)17-14-15-19(23)20(17)21(24)16-11-8-7-9-12-16/h7-9,11-12,17,19-20,23H,2-6,10,13-15H2,1H3/t17-,19-,20-/m0/s1. The number of benzene rings is 1. The van der Waals surface area contributed by atoms with Gasteiger partial charge in [-0.1, -0.05) is 69.4 Å². The molecule has 1 aliphatic carbocycles. The number of carbonyl (C=O) groups is 2. The molecular weight excluding hydrogens is 300 g/mol. The number of carbonyl (C=O) groups excluding carboxylic acids is 2. The first-order valence-corrected chi connectivity index (χ1v) is 9.45. The van der Waals surface area contributed by atoms with E-state index in [1.54, 1.807) is 12.1 Å². The van der Waals surface area contributed by atoms with Crippen molar-refractivity contribution in [2.75, 3.05) is 0 Å². The number of unbranched alkanes of at least 4 members (excludes halogenated alkanes) is 5. The summed E-state index contributed by atoms with van der Waals surface area (Å²) in [5, 5.41) is 10.2. The Morgan fingerprint density at radius 3 is 2.38 bits per heavy atom. The number of hydrogen-bond acceptors (Lipinski definition) is 3. The van der Waals surface area contributed by atoms with Crippen LogP contribution in [0.25, 0.3) is 0 Å². The fourth-order valence-electron chi connectivity index (χ4n) is 3.76. The van der Waals surface area contributed by atoms with Gasteiger partial charge in [0.25, 0.3) is 0 Å². The fraction of sp³-hybridized carbons (Fsp3) is 0.619. The van der Waals surface area contributed by atoms with Crippen molar-refractivity contribution in [3.63, 3.8) is 0 Å². The van der Waals surface area contributed by atoms with Crippen LogP contribution in [0.2, 0.25) is 0 Å². The average Bonchev–Trinajstić information content (AvgIpc) is 2.99. The summed E-state index contributed by atoms with van der Waals surface area (Å²) in [4.78, 5) is 25.3. The van der Waals surface area contributed by atoms with E-state index in [1.165, 1.54) is 25.7 Å². The third kappa shape index (κ3) is 5.01. The molecule has 0 bridgehead atoms. The monoisotopic (exact) mass is 330 g/mol. The van der Waals surface area contributed by atoms with Gasteiger partial charge in [-0.3, -0.25) is 9.59 Å². The molecule has 0 amide bonds. The van der Waals surface area contributed by atoms with Crippen molar-refractivity contribution in [2.24, 2.45) is 11.8 Å². The smallest absolute Gasteiger partial charge is 0.169 e. The predicted octanol–water partition coefficient (Wildman–Crippen LogP) is 4.58. The lowest BCUT2D eigenvalue weighted by Crippen LogP contribution is -2.32. The molecule has 3 heteroatoms. The van der Waals surface area contributed by atoms with Gasteiger partial charge >= 0.3 is 0 Å². The summed E-state index contributed by atoms with van der Waals surface area (Å²) in [5.74, 6) is -0.776. The van der Waals surface area contributed by atoms with Gasteiger partial charge in [0.05, 0.1) is 12.0 Å². The predicted molar refractivity (Wildman–Crippen MR) is 96.0 cm³/mol. The second kappa shape index (κ2) is 9.73. The molecule has 1 aromatic carbocycles. The van der Waals surface area contributed by atoms with Crippen molar-refractivity contribution in [2.45, 2.75) is 70.8 Å². The van der Waals surface area contributed by atoms with Gasteiger partial charge < -0.3 is 5.11 Å². The van der Waals surface area contributed by atoms with Crippen molar-refractivity contribution >= 4 is 11.6 Å². The lowest BCUT2D eigenvalue weighted by molar-refractivity contribution is -0.124. The van der Waals surface area contributed by atoms with Gasteiger partial charge in [-0.25, -0.2) is 0 Å². The van der Waals surface area contributed by atoms with E-state index < -0.39 is 12.0 Å². The lowest BCUT2D eigenvalue weighted by atomic mass is 9.83. The molecule has 132 valence electrons.